The number of ether oxygens (including phenoxy) is 1. The Bertz CT molecular complexity index is 916. The molecule has 0 radical (unpaired) electrons. The van der Waals surface area contributed by atoms with Crippen molar-refractivity contribution in [1.29, 1.82) is 0 Å². The maximum absolute atomic E-state index is 12.5. The number of aryl methyl sites for hydroxylation is 1. The molecule has 2 aromatic carbocycles. The van der Waals surface area contributed by atoms with Gasteiger partial charge in [-0.2, -0.15) is 4.72 Å². The molecule has 1 amide bonds. The van der Waals surface area contributed by atoms with Gasteiger partial charge in [-0.1, -0.05) is 29.8 Å². The molecule has 0 fully saturated rings. The van der Waals surface area contributed by atoms with Gasteiger partial charge in [0.25, 0.3) is 0 Å². The zero-order valence-corrected chi connectivity index (χ0v) is 17.0. The van der Waals surface area contributed by atoms with Crippen molar-refractivity contribution in [1.82, 2.24) is 10.0 Å². The maximum Gasteiger partial charge on any atom is 0.241 e. The molecule has 0 aliphatic heterocycles. The van der Waals surface area contributed by atoms with Gasteiger partial charge in [0.15, 0.2) is 0 Å². The van der Waals surface area contributed by atoms with Crippen LogP contribution in [0.4, 0.5) is 0 Å². The number of amides is 1. The lowest BCUT2D eigenvalue weighted by molar-refractivity contribution is -0.122. The van der Waals surface area contributed by atoms with Gasteiger partial charge in [-0.15, -0.1) is 0 Å². The molecule has 0 aromatic heterocycles. The smallest absolute Gasteiger partial charge is 0.241 e. The molecule has 0 saturated heterocycles. The Morgan fingerprint density at radius 3 is 2.56 bits per heavy atom. The Morgan fingerprint density at radius 2 is 1.93 bits per heavy atom. The van der Waals surface area contributed by atoms with Crippen molar-refractivity contribution >= 4 is 27.5 Å². The Kier molecular flexibility index (Phi) is 7.24. The van der Waals surface area contributed by atoms with Gasteiger partial charge in [0.1, 0.15) is 5.75 Å². The number of hydrogen-bond donors (Lipinski definition) is 2. The average Bonchev–Trinajstić information content (AvgIpc) is 2.62. The standard InChI is InChI=1S/C19H23ClN2O4S/c1-4-26-18-10-9-16(11-13(18)2)27(24,25)22-14(3)19(23)21-12-15-7-5-6-8-17(15)20/h5-11,14,22H,4,12H2,1-3H3,(H,21,23)/t14-/m0/s1. The van der Waals surface area contributed by atoms with E-state index in [1.807, 2.05) is 13.0 Å². The summed E-state index contributed by atoms with van der Waals surface area (Å²) in [4.78, 5) is 12.3. The summed E-state index contributed by atoms with van der Waals surface area (Å²) < 4.78 is 32.9. The van der Waals surface area contributed by atoms with Crippen LogP contribution in [0.5, 0.6) is 5.75 Å². The summed E-state index contributed by atoms with van der Waals surface area (Å²) in [5.74, 6) is 0.183. The monoisotopic (exact) mass is 410 g/mol. The second-order valence-electron chi connectivity index (χ2n) is 6.01. The number of carbonyl (C=O) groups excluding carboxylic acids is 1. The molecule has 2 rings (SSSR count). The fraction of sp³-hybridized carbons (Fsp3) is 0.316. The lowest BCUT2D eigenvalue weighted by Gasteiger charge is -2.16. The molecule has 0 saturated carbocycles. The highest BCUT2D eigenvalue weighted by molar-refractivity contribution is 7.89. The first-order chi connectivity index (χ1) is 12.7. The highest BCUT2D eigenvalue weighted by atomic mass is 35.5. The van der Waals surface area contributed by atoms with Gasteiger partial charge in [-0.3, -0.25) is 4.79 Å². The summed E-state index contributed by atoms with van der Waals surface area (Å²) in [5, 5.41) is 3.22. The van der Waals surface area contributed by atoms with Gasteiger partial charge >= 0.3 is 0 Å². The molecule has 27 heavy (non-hydrogen) atoms. The van der Waals surface area contributed by atoms with Gasteiger partial charge in [0, 0.05) is 11.6 Å². The summed E-state index contributed by atoms with van der Waals surface area (Å²) in [5.41, 5.74) is 1.46. The zero-order chi connectivity index (χ0) is 20.0. The second kappa shape index (κ2) is 9.21. The van der Waals surface area contributed by atoms with E-state index in [0.29, 0.717) is 22.9 Å². The number of halogens is 1. The highest BCUT2D eigenvalue weighted by Crippen LogP contribution is 2.22. The summed E-state index contributed by atoms with van der Waals surface area (Å²) in [6.07, 6.45) is 0. The van der Waals surface area contributed by atoms with Crippen LogP contribution in [0.15, 0.2) is 47.4 Å². The fourth-order valence-corrected chi connectivity index (χ4v) is 3.93. The average molecular weight is 411 g/mol. The first-order valence-corrected chi connectivity index (χ1v) is 10.4. The normalized spacial score (nSPS) is 12.4. The third kappa shape index (κ3) is 5.69. The van der Waals surface area contributed by atoms with E-state index in [2.05, 4.69) is 10.0 Å². The Labute approximate surface area is 164 Å². The van der Waals surface area contributed by atoms with Gasteiger partial charge in [-0.25, -0.2) is 8.42 Å². The van der Waals surface area contributed by atoms with Crippen LogP contribution in [-0.2, 0) is 21.4 Å². The molecule has 0 aliphatic rings. The van der Waals surface area contributed by atoms with Crippen molar-refractivity contribution in [3.8, 4) is 5.75 Å². The number of nitrogens with one attached hydrogen (secondary N) is 2. The van der Waals surface area contributed by atoms with E-state index in [1.165, 1.54) is 19.1 Å². The minimum Gasteiger partial charge on any atom is -0.494 e. The van der Waals surface area contributed by atoms with Crippen LogP contribution < -0.4 is 14.8 Å². The van der Waals surface area contributed by atoms with E-state index >= 15 is 0 Å². The van der Waals surface area contributed by atoms with Crippen molar-refractivity contribution in [2.24, 2.45) is 0 Å². The molecule has 8 heteroatoms. The van der Waals surface area contributed by atoms with E-state index in [-0.39, 0.29) is 11.4 Å². The van der Waals surface area contributed by atoms with Crippen LogP contribution in [-0.4, -0.2) is 27.0 Å². The number of hydrogen-bond acceptors (Lipinski definition) is 4. The maximum atomic E-state index is 12.5. The molecule has 0 bridgehead atoms. The predicted octanol–water partition coefficient (Wildman–Crippen LogP) is 3.03. The topological polar surface area (TPSA) is 84.5 Å². The van der Waals surface area contributed by atoms with Crippen molar-refractivity contribution in [3.05, 3.63) is 58.6 Å². The molecular weight excluding hydrogens is 388 g/mol. The molecule has 1 atom stereocenters. The first kappa shape index (κ1) is 21.2. The molecular formula is C19H23ClN2O4S. The summed E-state index contributed by atoms with van der Waals surface area (Å²) in [7, 11) is -3.84. The number of carbonyl (C=O) groups is 1. The number of benzene rings is 2. The Morgan fingerprint density at radius 1 is 1.22 bits per heavy atom. The van der Waals surface area contributed by atoms with Gasteiger partial charge < -0.3 is 10.1 Å². The molecule has 0 spiro atoms. The van der Waals surface area contributed by atoms with Crippen LogP contribution in [0.3, 0.4) is 0 Å². The molecule has 0 heterocycles. The van der Waals surface area contributed by atoms with Crippen LogP contribution >= 0.6 is 11.6 Å². The number of rotatable bonds is 8. The van der Waals surface area contributed by atoms with E-state index in [4.69, 9.17) is 16.3 Å². The summed E-state index contributed by atoms with van der Waals surface area (Å²) in [6, 6.07) is 10.8. The third-order valence-electron chi connectivity index (χ3n) is 3.89. The van der Waals surface area contributed by atoms with Crippen molar-refractivity contribution < 1.29 is 17.9 Å². The van der Waals surface area contributed by atoms with Gasteiger partial charge in [-0.05, 0) is 56.2 Å². The fourth-order valence-electron chi connectivity index (χ4n) is 2.44. The van der Waals surface area contributed by atoms with Crippen LogP contribution in [0.2, 0.25) is 5.02 Å². The molecule has 2 aromatic rings. The Hall–Kier alpha value is -2.09. The van der Waals surface area contributed by atoms with E-state index in [0.717, 1.165) is 5.56 Å². The molecule has 146 valence electrons. The number of sulfonamides is 1. The minimum absolute atomic E-state index is 0.0780. The van der Waals surface area contributed by atoms with Crippen molar-refractivity contribution in [2.45, 2.75) is 38.3 Å². The van der Waals surface area contributed by atoms with Gasteiger partial charge in [0.2, 0.25) is 15.9 Å². The van der Waals surface area contributed by atoms with E-state index < -0.39 is 22.0 Å². The van der Waals surface area contributed by atoms with Crippen LogP contribution in [0, 0.1) is 6.92 Å². The molecule has 0 unspecified atom stereocenters. The largest absolute Gasteiger partial charge is 0.494 e. The molecule has 2 N–H and O–H groups in total. The lowest BCUT2D eigenvalue weighted by atomic mass is 10.2. The Balaban J connectivity index is 2.02. The summed E-state index contributed by atoms with van der Waals surface area (Å²) >= 11 is 6.05. The van der Waals surface area contributed by atoms with E-state index in [9.17, 15) is 13.2 Å². The SMILES string of the molecule is CCOc1ccc(S(=O)(=O)N[C@@H](C)C(=O)NCc2ccccc2Cl)cc1C. The van der Waals surface area contributed by atoms with Crippen molar-refractivity contribution in [2.75, 3.05) is 6.61 Å². The second-order valence-corrected chi connectivity index (χ2v) is 8.13. The summed E-state index contributed by atoms with van der Waals surface area (Å²) in [6.45, 7) is 5.82. The quantitative estimate of drug-likeness (QED) is 0.700. The van der Waals surface area contributed by atoms with Crippen molar-refractivity contribution in [3.63, 3.8) is 0 Å². The van der Waals surface area contributed by atoms with Gasteiger partial charge in [0.05, 0.1) is 17.5 Å². The lowest BCUT2D eigenvalue weighted by Crippen LogP contribution is -2.44. The third-order valence-corrected chi connectivity index (χ3v) is 5.80. The van der Waals surface area contributed by atoms with Crippen LogP contribution in [0.1, 0.15) is 25.0 Å². The molecule has 6 nitrogen and oxygen atoms in total. The predicted molar refractivity (Wildman–Crippen MR) is 105 cm³/mol. The minimum atomic E-state index is -3.84. The molecule has 0 aliphatic carbocycles. The van der Waals surface area contributed by atoms with E-state index in [1.54, 1.807) is 31.2 Å². The highest BCUT2D eigenvalue weighted by Gasteiger charge is 2.22. The van der Waals surface area contributed by atoms with Crippen LogP contribution in [0.25, 0.3) is 0 Å². The first-order valence-electron chi connectivity index (χ1n) is 8.51. The zero-order valence-electron chi connectivity index (χ0n) is 15.5.